The first-order valence-electron chi connectivity index (χ1n) is 7.70. The maximum Gasteiger partial charge on any atom is 0.265 e. The normalized spacial score (nSPS) is 15.7. The zero-order valence-corrected chi connectivity index (χ0v) is 15.7. The van der Waals surface area contributed by atoms with Crippen LogP contribution in [0.1, 0.15) is 20.9 Å². The Kier molecular flexibility index (Phi) is 4.45. The maximum atomic E-state index is 12.2. The minimum absolute atomic E-state index is 0.129. The molecular weight excluding hydrogens is 378 g/mol. The molecule has 1 aliphatic heterocycles. The number of nitrogens with zero attached hydrogens (tertiary/aromatic N) is 2. The molecule has 1 unspecified atom stereocenters. The van der Waals surface area contributed by atoms with Crippen LogP contribution in [0.15, 0.2) is 29.0 Å². The molecule has 0 radical (unpaired) electrons. The lowest BCUT2D eigenvalue weighted by Crippen LogP contribution is -2.34. The molecule has 8 heteroatoms. The summed E-state index contributed by atoms with van der Waals surface area (Å²) in [5, 5.41) is 11.5. The van der Waals surface area contributed by atoms with E-state index in [0.29, 0.717) is 28.6 Å². The second-order valence-electron chi connectivity index (χ2n) is 5.80. The highest BCUT2D eigenvalue weighted by Gasteiger charge is 2.27. The molecule has 0 aliphatic carbocycles. The molecule has 5 nitrogen and oxygen atoms in total. The molecule has 4 rings (SSSR count). The number of hydrogen-bond acceptors (Lipinski definition) is 6. The summed E-state index contributed by atoms with van der Waals surface area (Å²) in [6.45, 7) is 2.18. The number of thiophene rings is 1. The number of amides is 1. The average molecular weight is 392 g/mol. The number of rotatable bonds is 4. The summed E-state index contributed by atoms with van der Waals surface area (Å²) in [6, 6.07) is 6.11. The Hall–Kier alpha value is -1.96. The third-order valence-electron chi connectivity index (χ3n) is 4.06. The lowest BCUT2D eigenvalue weighted by Gasteiger charge is -2.12. The predicted octanol–water partition coefficient (Wildman–Crippen LogP) is 3.96. The summed E-state index contributed by atoms with van der Waals surface area (Å²) in [5.41, 5.74) is 3.95. The first-order chi connectivity index (χ1) is 12.1. The monoisotopic (exact) mass is 391 g/mol. The summed E-state index contributed by atoms with van der Waals surface area (Å²) in [5.74, 6) is 0.549. The highest BCUT2D eigenvalue weighted by molar-refractivity contribution is 7.08. The average Bonchev–Trinajstić information content (AvgIpc) is 3.32. The van der Waals surface area contributed by atoms with Gasteiger partial charge in [-0.1, -0.05) is 16.1 Å². The van der Waals surface area contributed by atoms with E-state index in [0.717, 1.165) is 34.0 Å². The molecule has 1 atom stereocenters. The van der Waals surface area contributed by atoms with E-state index in [9.17, 15) is 4.79 Å². The van der Waals surface area contributed by atoms with Crippen LogP contribution >= 0.6 is 34.5 Å². The highest BCUT2D eigenvalue weighted by Crippen LogP contribution is 2.39. The summed E-state index contributed by atoms with van der Waals surface area (Å²) in [4.78, 5) is 12.7. The molecule has 0 saturated carbocycles. The quantitative estimate of drug-likeness (QED) is 0.731. The molecule has 2 aromatic heterocycles. The molecular formula is C17H14ClN3O2S2. The summed E-state index contributed by atoms with van der Waals surface area (Å²) in [7, 11) is 0. The number of aromatic nitrogens is 2. The molecule has 128 valence electrons. The number of halogens is 1. The van der Waals surface area contributed by atoms with Crippen LogP contribution < -0.4 is 10.1 Å². The van der Waals surface area contributed by atoms with E-state index in [-0.39, 0.29) is 12.0 Å². The first kappa shape index (κ1) is 16.5. The van der Waals surface area contributed by atoms with E-state index < -0.39 is 0 Å². The van der Waals surface area contributed by atoms with Crippen molar-refractivity contribution in [2.24, 2.45) is 0 Å². The largest absolute Gasteiger partial charge is 0.486 e. The molecule has 1 N–H and O–H groups in total. The second kappa shape index (κ2) is 6.74. The Labute approximate surface area is 157 Å². The van der Waals surface area contributed by atoms with Crippen molar-refractivity contribution in [1.29, 1.82) is 0 Å². The van der Waals surface area contributed by atoms with Crippen LogP contribution in [0.3, 0.4) is 0 Å². The second-order valence-corrected chi connectivity index (χ2v) is 7.74. The van der Waals surface area contributed by atoms with Crippen molar-refractivity contribution in [2.75, 3.05) is 6.54 Å². The number of hydrogen-bond donors (Lipinski definition) is 1. The van der Waals surface area contributed by atoms with E-state index >= 15 is 0 Å². The minimum atomic E-state index is -0.169. The standard InChI is InChI=1S/C17H14ClN3O2S2/c1-9-16(25-21-20-9)17(22)19-7-13-5-12-4-11(10-2-3-24-8-10)6-14(18)15(12)23-13/h2-4,6,8,13H,5,7H2,1H3,(H,19,22). The minimum Gasteiger partial charge on any atom is -0.486 e. The van der Waals surface area contributed by atoms with Gasteiger partial charge in [-0.15, -0.1) is 5.10 Å². The van der Waals surface area contributed by atoms with E-state index in [1.165, 1.54) is 0 Å². The van der Waals surface area contributed by atoms with Gasteiger partial charge in [0.1, 0.15) is 16.7 Å². The smallest absolute Gasteiger partial charge is 0.265 e. The van der Waals surface area contributed by atoms with Crippen molar-refractivity contribution in [3.8, 4) is 16.9 Å². The maximum absolute atomic E-state index is 12.2. The van der Waals surface area contributed by atoms with Crippen LogP contribution in [0.2, 0.25) is 5.02 Å². The van der Waals surface area contributed by atoms with E-state index in [4.69, 9.17) is 16.3 Å². The lowest BCUT2D eigenvalue weighted by atomic mass is 10.0. The lowest BCUT2D eigenvalue weighted by molar-refractivity contribution is 0.0937. The summed E-state index contributed by atoms with van der Waals surface area (Å²) in [6.07, 6.45) is 0.586. The fourth-order valence-corrected chi connectivity index (χ4v) is 4.34. The van der Waals surface area contributed by atoms with Crippen LogP contribution in [-0.2, 0) is 6.42 Å². The zero-order chi connectivity index (χ0) is 17.4. The number of aryl methyl sites for hydroxylation is 1. The van der Waals surface area contributed by atoms with Gasteiger partial charge in [0.2, 0.25) is 0 Å². The van der Waals surface area contributed by atoms with Gasteiger partial charge in [-0.05, 0) is 58.5 Å². The van der Waals surface area contributed by atoms with Crippen LogP contribution in [0.4, 0.5) is 0 Å². The van der Waals surface area contributed by atoms with E-state index in [1.54, 1.807) is 18.3 Å². The van der Waals surface area contributed by atoms with Gasteiger partial charge in [0.15, 0.2) is 0 Å². The topological polar surface area (TPSA) is 64.1 Å². The fourth-order valence-electron chi connectivity index (χ4n) is 2.82. The molecule has 0 saturated heterocycles. The SMILES string of the molecule is Cc1nnsc1C(=O)NCC1Cc2cc(-c3ccsc3)cc(Cl)c2O1. The van der Waals surface area contributed by atoms with E-state index in [2.05, 4.69) is 32.4 Å². The van der Waals surface area contributed by atoms with Crippen molar-refractivity contribution >= 4 is 40.4 Å². The molecule has 0 bridgehead atoms. The van der Waals surface area contributed by atoms with E-state index in [1.807, 2.05) is 11.4 Å². The molecule has 1 amide bonds. The van der Waals surface area contributed by atoms with Crippen LogP contribution in [0, 0.1) is 6.92 Å². The van der Waals surface area contributed by atoms with Crippen molar-refractivity contribution in [3.05, 3.63) is 50.1 Å². The van der Waals surface area contributed by atoms with Crippen molar-refractivity contribution in [1.82, 2.24) is 14.9 Å². The van der Waals surface area contributed by atoms with Crippen molar-refractivity contribution in [3.63, 3.8) is 0 Å². The molecule has 1 aliphatic rings. The molecule has 3 aromatic rings. The van der Waals surface area contributed by atoms with Gasteiger partial charge in [-0.25, -0.2) is 0 Å². The number of benzene rings is 1. The Morgan fingerprint density at radius 3 is 3.04 bits per heavy atom. The Morgan fingerprint density at radius 1 is 1.44 bits per heavy atom. The van der Waals surface area contributed by atoms with Gasteiger partial charge in [0, 0.05) is 12.0 Å². The molecule has 0 fully saturated rings. The molecule has 0 spiro atoms. The van der Waals surface area contributed by atoms with Gasteiger partial charge in [-0.3, -0.25) is 4.79 Å². The summed E-state index contributed by atoms with van der Waals surface area (Å²) >= 11 is 9.15. The molecule has 3 heterocycles. The van der Waals surface area contributed by atoms with Crippen LogP contribution in [0.25, 0.3) is 11.1 Å². The van der Waals surface area contributed by atoms with Gasteiger partial charge in [-0.2, -0.15) is 11.3 Å². The third kappa shape index (κ3) is 3.27. The highest BCUT2D eigenvalue weighted by atomic mass is 35.5. The first-order valence-corrected chi connectivity index (χ1v) is 9.80. The fraction of sp³-hybridized carbons (Fsp3) is 0.235. The number of nitrogens with one attached hydrogen (secondary N) is 1. The number of fused-ring (bicyclic) bond motifs is 1. The third-order valence-corrected chi connectivity index (χ3v) is 5.85. The molecule has 25 heavy (non-hydrogen) atoms. The predicted molar refractivity (Wildman–Crippen MR) is 99.9 cm³/mol. The Morgan fingerprint density at radius 2 is 2.32 bits per heavy atom. The Bertz CT molecular complexity index is 924. The van der Waals surface area contributed by atoms with Gasteiger partial charge in [0.05, 0.1) is 17.3 Å². The van der Waals surface area contributed by atoms with Gasteiger partial charge in [0.25, 0.3) is 5.91 Å². The van der Waals surface area contributed by atoms with Crippen molar-refractivity contribution < 1.29 is 9.53 Å². The van der Waals surface area contributed by atoms with Crippen LogP contribution in [-0.4, -0.2) is 28.1 Å². The van der Waals surface area contributed by atoms with Gasteiger partial charge < -0.3 is 10.1 Å². The zero-order valence-electron chi connectivity index (χ0n) is 13.3. The Balaban J connectivity index is 1.45. The number of carbonyl (C=O) groups excluding carboxylic acids is 1. The number of ether oxygens (including phenoxy) is 1. The van der Waals surface area contributed by atoms with Crippen molar-refractivity contribution in [2.45, 2.75) is 19.4 Å². The molecule has 1 aromatic carbocycles. The van der Waals surface area contributed by atoms with Gasteiger partial charge >= 0.3 is 0 Å². The van der Waals surface area contributed by atoms with Crippen LogP contribution in [0.5, 0.6) is 5.75 Å². The number of carbonyl (C=O) groups is 1. The summed E-state index contributed by atoms with van der Waals surface area (Å²) < 4.78 is 9.72.